The summed E-state index contributed by atoms with van der Waals surface area (Å²) in [5, 5.41) is 0. The van der Waals surface area contributed by atoms with E-state index in [0.29, 0.717) is 35.5 Å². The molecule has 47 heavy (non-hydrogen) atoms. The van der Waals surface area contributed by atoms with Gasteiger partial charge in [0.05, 0.1) is 23.7 Å². The Balaban J connectivity index is 1.51. The number of hydrogen-bond acceptors (Lipinski definition) is 2. The lowest BCUT2D eigenvalue weighted by Crippen LogP contribution is -2.12. The van der Waals surface area contributed by atoms with E-state index < -0.39 is 0 Å². The highest BCUT2D eigenvalue weighted by Crippen LogP contribution is 2.50. The lowest BCUT2D eigenvalue weighted by atomic mass is 9.89. The van der Waals surface area contributed by atoms with Crippen molar-refractivity contribution in [2.24, 2.45) is 16.8 Å². The molecule has 1 aromatic carbocycles. The fraction of sp³-hybridized carbons (Fsp3) is 0.628. The molecule has 4 heteroatoms. The SMILES string of the molecule is [C-]#[N+]C1=C(C2CCCC2)C(=C(Oc2c(C(C)C)cc(C)cc2C(C)C)c2[nH]c(C3CCCC3)cc2C2CCCC2)N=C1C1CCCC1. The first-order chi connectivity index (χ1) is 22.8. The zero-order valence-corrected chi connectivity index (χ0v) is 29.8. The minimum absolute atomic E-state index is 0.324. The number of benzene rings is 1. The van der Waals surface area contributed by atoms with Gasteiger partial charge in [-0.3, -0.25) is 4.99 Å². The zero-order chi connectivity index (χ0) is 32.7. The molecule has 4 aliphatic carbocycles. The second-order valence-corrected chi connectivity index (χ2v) is 16.2. The quantitative estimate of drug-likeness (QED) is 0.217. The number of rotatable bonds is 9. The monoisotopic (exact) mass is 631 g/mol. The molecule has 0 saturated heterocycles. The Morgan fingerprint density at radius 1 is 0.745 bits per heavy atom. The molecule has 0 bridgehead atoms. The van der Waals surface area contributed by atoms with Crippen molar-refractivity contribution in [1.29, 1.82) is 0 Å². The maximum atomic E-state index is 8.56. The van der Waals surface area contributed by atoms with Crippen molar-refractivity contribution >= 4 is 11.5 Å². The van der Waals surface area contributed by atoms with Crippen LogP contribution >= 0.6 is 0 Å². The Bertz CT molecular complexity index is 1570. The van der Waals surface area contributed by atoms with Gasteiger partial charge in [0.25, 0.3) is 0 Å². The van der Waals surface area contributed by atoms with Gasteiger partial charge in [-0.2, -0.15) is 0 Å². The summed E-state index contributed by atoms with van der Waals surface area (Å²) in [6.07, 6.45) is 19.8. The number of aryl methyl sites for hydroxylation is 1. The third-order valence-electron chi connectivity index (χ3n) is 12.2. The number of nitrogens with one attached hydrogen (secondary N) is 1. The summed E-state index contributed by atoms with van der Waals surface area (Å²) in [7, 11) is 0. The predicted octanol–water partition coefficient (Wildman–Crippen LogP) is 12.6. The number of hydrogen-bond donors (Lipinski definition) is 1. The van der Waals surface area contributed by atoms with Gasteiger partial charge in [0, 0.05) is 5.69 Å². The summed E-state index contributed by atoms with van der Waals surface area (Å²) in [4.78, 5) is 14.1. The summed E-state index contributed by atoms with van der Waals surface area (Å²) in [6, 6.07) is 7.22. The average Bonchev–Trinajstić information content (AvgIpc) is 3.89. The Morgan fingerprint density at radius 3 is 1.79 bits per heavy atom. The van der Waals surface area contributed by atoms with E-state index in [9.17, 15) is 0 Å². The highest BCUT2D eigenvalue weighted by atomic mass is 16.5. The molecule has 0 amide bonds. The lowest BCUT2D eigenvalue weighted by Gasteiger charge is -2.25. The molecule has 1 N–H and O–H groups in total. The van der Waals surface area contributed by atoms with Crippen molar-refractivity contribution < 1.29 is 4.74 Å². The second kappa shape index (κ2) is 13.8. The molecule has 2 heterocycles. The molecule has 250 valence electrons. The molecule has 4 saturated carbocycles. The number of allylic oxidation sites excluding steroid dienone is 2. The van der Waals surface area contributed by atoms with Crippen LogP contribution in [0.1, 0.15) is 188 Å². The van der Waals surface area contributed by atoms with Crippen molar-refractivity contribution in [2.45, 2.75) is 161 Å². The van der Waals surface area contributed by atoms with Gasteiger partial charge in [-0.15, -0.1) is 0 Å². The van der Waals surface area contributed by atoms with E-state index in [1.165, 1.54) is 111 Å². The van der Waals surface area contributed by atoms with Gasteiger partial charge in [-0.1, -0.05) is 96.8 Å². The van der Waals surface area contributed by atoms with E-state index in [4.69, 9.17) is 16.3 Å². The molecule has 5 aliphatic rings. The van der Waals surface area contributed by atoms with Crippen LogP contribution in [0, 0.1) is 25.3 Å². The number of H-pyrrole nitrogens is 1. The van der Waals surface area contributed by atoms with Gasteiger partial charge in [0.15, 0.2) is 5.76 Å². The van der Waals surface area contributed by atoms with Gasteiger partial charge >= 0.3 is 0 Å². The average molecular weight is 632 g/mol. The van der Waals surface area contributed by atoms with Crippen molar-refractivity contribution in [3.63, 3.8) is 0 Å². The first-order valence-corrected chi connectivity index (χ1v) is 19.3. The standard InChI is InChI=1S/C43H57N3O/c1-26(2)33-23-28(5)24-34(27(3)4)42(33)47-43(39-35(29-15-7-8-16-29)25-36(45-39)30-17-9-10-18-30)41-37(31-19-11-12-20-31)40(44-6)38(46-41)32-21-13-14-22-32/h23-27,29-32,45H,7-22H2,1-5H3. The molecule has 4 fully saturated rings. The van der Waals surface area contributed by atoms with Crippen LogP contribution in [-0.4, -0.2) is 10.7 Å². The third-order valence-corrected chi connectivity index (χ3v) is 12.2. The molecule has 0 radical (unpaired) electrons. The first kappa shape index (κ1) is 32.5. The Hall–Kier alpha value is -3.06. The van der Waals surface area contributed by atoms with Crippen LogP contribution in [-0.2, 0) is 0 Å². The number of aromatic amines is 1. The van der Waals surface area contributed by atoms with Gasteiger partial charge < -0.3 is 9.72 Å². The van der Waals surface area contributed by atoms with E-state index >= 15 is 0 Å². The Kier molecular flexibility index (Phi) is 9.55. The number of ether oxygens (including phenoxy) is 1. The highest BCUT2D eigenvalue weighted by molar-refractivity contribution is 6.09. The summed E-state index contributed by atoms with van der Waals surface area (Å²) in [6.45, 7) is 20.0. The van der Waals surface area contributed by atoms with Gasteiger partial charge in [-0.25, -0.2) is 4.85 Å². The minimum atomic E-state index is 0.324. The Labute approximate surface area is 284 Å². The van der Waals surface area contributed by atoms with Gasteiger partial charge in [0.1, 0.15) is 5.75 Å². The number of aliphatic imine (C=N–C) groups is 1. The number of nitrogens with zero attached hydrogens (tertiary/aromatic N) is 2. The molecule has 4 nitrogen and oxygen atoms in total. The molecule has 0 unspecified atom stereocenters. The van der Waals surface area contributed by atoms with E-state index in [2.05, 4.69) is 62.6 Å². The van der Waals surface area contributed by atoms with Crippen molar-refractivity contribution in [3.8, 4) is 5.75 Å². The summed E-state index contributed by atoms with van der Waals surface area (Å²) in [5.41, 5.74) is 11.9. The Morgan fingerprint density at radius 2 is 1.26 bits per heavy atom. The molecule has 0 atom stereocenters. The summed E-state index contributed by atoms with van der Waals surface area (Å²) >= 11 is 0. The molecule has 7 rings (SSSR count). The normalized spacial score (nSPS) is 22.8. The molecular weight excluding hydrogens is 574 g/mol. The van der Waals surface area contributed by atoms with Crippen molar-refractivity contribution in [1.82, 2.24) is 4.98 Å². The van der Waals surface area contributed by atoms with Crippen LogP contribution in [0.5, 0.6) is 5.75 Å². The summed E-state index contributed by atoms with van der Waals surface area (Å²) in [5.74, 6) is 4.46. The van der Waals surface area contributed by atoms with Crippen LogP contribution < -0.4 is 4.74 Å². The third kappa shape index (κ3) is 6.29. The van der Waals surface area contributed by atoms with E-state index in [1.807, 2.05) is 0 Å². The first-order valence-electron chi connectivity index (χ1n) is 19.3. The van der Waals surface area contributed by atoms with E-state index in [1.54, 1.807) is 0 Å². The molecule has 1 aromatic heterocycles. The highest BCUT2D eigenvalue weighted by Gasteiger charge is 2.39. The van der Waals surface area contributed by atoms with Crippen LogP contribution in [0.4, 0.5) is 0 Å². The smallest absolute Gasteiger partial charge is 0.214 e. The van der Waals surface area contributed by atoms with Crippen LogP contribution in [0.25, 0.3) is 10.6 Å². The van der Waals surface area contributed by atoms with Crippen LogP contribution in [0.2, 0.25) is 0 Å². The molecular formula is C43H57N3O. The van der Waals surface area contributed by atoms with E-state index in [0.717, 1.165) is 60.0 Å². The van der Waals surface area contributed by atoms with Gasteiger partial charge in [0.2, 0.25) is 5.70 Å². The van der Waals surface area contributed by atoms with Crippen molar-refractivity contribution in [3.05, 3.63) is 80.2 Å². The van der Waals surface area contributed by atoms with Crippen molar-refractivity contribution in [2.75, 3.05) is 0 Å². The second-order valence-electron chi connectivity index (χ2n) is 16.2. The van der Waals surface area contributed by atoms with Crippen LogP contribution in [0.3, 0.4) is 0 Å². The predicted molar refractivity (Wildman–Crippen MR) is 195 cm³/mol. The minimum Gasteiger partial charge on any atom is -0.452 e. The molecule has 2 aromatic rings. The zero-order valence-electron chi connectivity index (χ0n) is 29.8. The van der Waals surface area contributed by atoms with E-state index in [-0.39, 0.29) is 0 Å². The molecule has 1 aliphatic heterocycles. The number of aromatic nitrogens is 1. The maximum Gasteiger partial charge on any atom is 0.214 e. The lowest BCUT2D eigenvalue weighted by molar-refractivity contribution is 0.482. The topological polar surface area (TPSA) is 41.7 Å². The van der Waals surface area contributed by atoms with Gasteiger partial charge in [-0.05, 0) is 122 Å². The summed E-state index contributed by atoms with van der Waals surface area (Å²) < 4.78 is 7.60. The fourth-order valence-corrected chi connectivity index (χ4v) is 9.68. The fourth-order valence-electron chi connectivity index (χ4n) is 9.68. The maximum absolute atomic E-state index is 8.56. The van der Waals surface area contributed by atoms with Crippen LogP contribution in [0.15, 0.2) is 40.2 Å². The largest absolute Gasteiger partial charge is 0.452 e. The molecule has 0 spiro atoms.